The Labute approximate surface area is 105 Å². The van der Waals surface area contributed by atoms with Crippen molar-refractivity contribution in [3.05, 3.63) is 52.5 Å². The third-order valence-corrected chi connectivity index (χ3v) is 2.90. The molecule has 0 atom stereocenters. The van der Waals surface area contributed by atoms with Gasteiger partial charge >= 0.3 is 0 Å². The lowest BCUT2D eigenvalue weighted by Gasteiger charge is -2.06. The van der Waals surface area contributed by atoms with Gasteiger partial charge in [-0.05, 0) is 35.9 Å². The van der Waals surface area contributed by atoms with E-state index in [9.17, 15) is 0 Å². The molecule has 0 aromatic heterocycles. The average Bonchev–Trinajstić information content (AvgIpc) is 2.30. The summed E-state index contributed by atoms with van der Waals surface area (Å²) in [5.74, 6) is 0.753. The second-order valence-corrected chi connectivity index (χ2v) is 4.20. The van der Waals surface area contributed by atoms with Crippen LogP contribution in [-0.2, 0) is 0 Å². The van der Waals surface area contributed by atoms with E-state index in [-0.39, 0.29) is 0 Å². The predicted molar refractivity (Wildman–Crippen MR) is 68.5 cm³/mol. The second-order valence-electron chi connectivity index (χ2n) is 3.35. The van der Waals surface area contributed by atoms with Crippen molar-refractivity contribution < 1.29 is 4.74 Å². The van der Waals surface area contributed by atoms with E-state index in [1.54, 1.807) is 13.2 Å². The molecule has 0 fully saturated rings. The molecular weight excluding hydrogens is 243 g/mol. The van der Waals surface area contributed by atoms with Crippen molar-refractivity contribution >= 4 is 23.2 Å². The fourth-order valence-corrected chi connectivity index (χ4v) is 1.89. The zero-order valence-electron chi connectivity index (χ0n) is 8.71. The van der Waals surface area contributed by atoms with E-state index in [4.69, 9.17) is 27.9 Å². The molecule has 0 heterocycles. The lowest BCUT2D eigenvalue weighted by atomic mass is 10.1. The van der Waals surface area contributed by atoms with E-state index in [2.05, 4.69) is 0 Å². The molecule has 82 valence electrons. The second kappa shape index (κ2) is 4.77. The Balaban J connectivity index is 2.44. The Morgan fingerprint density at radius 2 is 1.62 bits per heavy atom. The van der Waals surface area contributed by atoms with Crippen LogP contribution in [0.1, 0.15) is 0 Å². The molecule has 0 spiro atoms. The number of rotatable bonds is 2. The summed E-state index contributed by atoms with van der Waals surface area (Å²) in [7, 11) is 1.62. The number of hydrogen-bond donors (Lipinski definition) is 0. The van der Waals surface area contributed by atoms with Crippen molar-refractivity contribution in [2.45, 2.75) is 0 Å². The molecular formula is C13H10Cl2O. The minimum absolute atomic E-state index is 0.668. The highest BCUT2D eigenvalue weighted by molar-refractivity contribution is 6.33. The van der Waals surface area contributed by atoms with Gasteiger partial charge in [0.05, 0.1) is 12.1 Å². The Morgan fingerprint density at radius 3 is 2.19 bits per heavy atom. The van der Waals surface area contributed by atoms with Crippen molar-refractivity contribution in [1.29, 1.82) is 0 Å². The molecule has 0 radical (unpaired) electrons. The monoisotopic (exact) mass is 252 g/mol. The molecule has 0 unspecified atom stereocenters. The van der Waals surface area contributed by atoms with E-state index in [1.807, 2.05) is 36.4 Å². The molecule has 0 aliphatic heterocycles. The summed E-state index contributed by atoms with van der Waals surface area (Å²) in [6.45, 7) is 0. The minimum atomic E-state index is 0.668. The van der Waals surface area contributed by atoms with Gasteiger partial charge in [0.15, 0.2) is 0 Å². The van der Waals surface area contributed by atoms with Gasteiger partial charge in [-0.25, -0.2) is 0 Å². The van der Waals surface area contributed by atoms with E-state index in [1.165, 1.54) is 0 Å². The maximum Gasteiger partial charge on any atom is 0.120 e. The summed E-state index contributed by atoms with van der Waals surface area (Å²) >= 11 is 12.0. The maximum atomic E-state index is 6.17. The first-order chi connectivity index (χ1) is 7.70. The van der Waals surface area contributed by atoms with Gasteiger partial charge in [-0.2, -0.15) is 0 Å². The first-order valence-electron chi connectivity index (χ1n) is 4.80. The molecule has 3 heteroatoms. The third-order valence-electron chi connectivity index (χ3n) is 2.33. The molecule has 0 N–H and O–H groups in total. The Kier molecular flexibility index (Phi) is 3.37. The summed E-state index contributed by atoms with van der Waals surface area (Å²) in [6, 6.07) is 13.2. The van der Waals surface area contributed by atoms with E-state index >= 15 is 0 Å². The van der Waals surface area contributed by atoms with Gasteiger partial charge in [-0.1, -0.05) is 35.3 Å². The highest BCUT2D eigenvalue weighted by Gasteiger charge is 2.04. The van der Waals surface area contributed by atoms with Crippen LogP contribution in [0.15, 0.2) is 42.5 Å². The van der Waals surface area contributed by atoms with Crippen LogP contribution in [0.4, 0.5) is 0 Å². The number of ether oxygens (including phenoxy) is 1. The number of hydrogen-bond acceptors (Lipinski definition) is 1. The Bertz CT molecular complexity index is 492. The van der Waals surface area contributed by atoms with Crippen molar-refractivity contribution in [1.82, 2.24) is 0 Å². The molecule has 0 bridgehead atoms. The molecule has 2 aromatic rings. The molecule has 16 heavy (non-hydrogen) atoms. The third kappa shape index (κ3) is 2.31. The van der Waals surface area contributed by atoms with Crippen LogP contribution in [-0.4, -0.2) is 7.11 Å². The highest BCUT2D eigenvalue weighted by atomic mass is 35.5. The topological polar surface area (TPSA) is 9.23 Å². The zero-order valence-corrected chi connectivity index (χ0v) is 10.2. The van der Waals surface area contributed by atoms with E-state index in [0.717, 1.165) is 16.9 Å². The SMILES string of the molecule is COc1ccc(-c2ccc(Cl)cc2)c(Cl)c1. The van der Waals surface area contributed by atoms with Crippen LogP contribution >= 0.6 is 23.2 Å². The van der Waals surface area contributed by atoms with Crippen molar-refractivity contribution in [2.24, 2.45) is 0 Å². The molecule has 2 rings (SSSR count). The van der Waals surface area contributed by atoms with Gasteiger partial charge in [0, 0.05) is 10.6 Å². The van der Waals surface area contributed by atoms with Gasteiger partial charge in [0.25, 0.3) is 0 Å². The first-order valence-corrected chi connectivity index (χ1v) is 5.56. The quantitative estimate of drug-likeness (QED) is 0.755. The van der Waals surface area contributed by atoms with E-state index < -0.39 is 0 Å². The van der Waals surface area contributed by atoms with Crippen LogP contribution in [0.3, 0.4) is 0 Å². The fraction of sp³-hybridized carbons (Fsp3) is 0.0769. The maximum absolute atomic E-state index is 6.17. The van der Waals surface area contributed by atoms with Crippen molar-refractivity contribution in [3.63, 3.8) is 0 Å². The van der Waals surface area contributed by atoms with Gasteiger partial charge < -0.3 is 4.74 Å². The van der Waals surface area contributed by atoms with Crippen molar-refractivity contribution in [3.8, 4) is 16.9 Å². The molecule has 2 aromatic carbocycles. The van der Waals surface area contributed by atoms with Crippen LogP contribution in [0.5, 0.6) is 5.75 Å². The van der Waals surface area contributed by atoms with Gasteiger partial charge in [-0.3, -0.25) is 0 Å². The average molecular weight is 253 g/mol. The smallest absolute Gasteiger partial charge is 0.120 e. The number of methoxy groups -OCH3 is 1. The number of benzene rings is 2. The standard InChI is InChI=1S/C13H10Cl2O/c1-16-11-6-7-12(13(15)8-11)9-2-4-10(14)5-3-9/h2-8H,1H3. The molecule has 0 aliphatic rings. The summed E-state index contributed by atoms with van der Waals surface area (Å²) in [5.41, 5.74) is 2.01. The number of halogens is 2. The van der Waals surface area contributed by atoms with Crippen LogP contribution in [0.25, 0.3) is 11.1 Å². The zero-order chi connectivity index (χ0) is 11.5. The summed E-state index contributed by atoms with van der Waals surface area (Å²) in [4.78, 5) is 0. The van der Waals surface area contributed by atoms with Gasteiger partial charge in [0.1, 0.15) is 5.75 Å². The Morgan fingerprint density at radius 1 is 0.938 bits per heavy atom. The largest absolute Gasteiger partial charge is 0.497 e. The molecule has 1 nitrogen and oxygen atoms in total. The molecule has 0 saturated carbocycles. The van der Waals surface area contributed by atoms with E-state index in [0.29, 0.717) is 10.0 Å². The molecule has 0 saturated heterocycles. The lowest BCUT2D eigenvalue weighted by molar-refractivity contribution is 0.415. The van der Waals surface area contributed by atoms with Crippen LogP contribution < -0.4 is 4.74 Å². The lowest BCUT2D eigenvalue weighted by Crippen LogP contribution is -1.84. The van der Waals surface area contributed by atoms with Gasteiger partial charge in [0.2, 0.25) is 0 Å². The summed E-state index contributed by atoms with van der Waals surface area (Å²) < 4.78 is 5.10. The minimum Gasteiger partial charge on any atom is -0.497 e. The fourth-order valence-electron chi connectivity index (χ4n) is 1.49. The van der Waals surface area contributed by atoms with Crippen LogP contribution in [0, 0.1) is 0 Å². The summed E-state index contributed by atoms with van der Waals surface area (Å²) in [6.07, 6.45) is 0. The normalized spacial score (nSPS) is 10.2. The van der Waals surface area contributed by atoms with Crippen LogP contribution in [0.2, 0.25) is 10.0 Å². The summed E-state index contributed by atoms with van der Waals surface area (Å²) in [5, 5.41) is 1.38. The van der Waals surface area contributed by atoms with Gasteiger partial charge in [-0.15, -0.1) is 0 Å². The molecule has 0 amide bonds. The predicted octanol–water partition coefficient (Wildman–Crippen LogP) is 4.67. The Hall–Kier alpha value is -1.18. The molecule has 0 aliphatic carbocycles. The first kappa shape index (κ1) is 11.3. The van der Waals surface area contributed by atoms with Crippen molar-refractivity contribution in [2.75, 3.05) is 7.11 Å². The highest BCUT2D eigenvalue weighted by Crippen LogP contribution is 2.31.